The second-order valence-electron chi connectivity index (χ2n) is 9.07. The molecule has 0 aromatic rings. The lowest BCUT2D eigenvalue weighted by Gasteiger charge is -2.27. The first-order valence-electron chi connectivity index (χ1n) is 11.7. The molecule has 0 atom stereocenters. The molecule has 0 heterocycles. The molecule has 174 valence electrons. The topological polar surface area (TPSA) is 83.5 Å². The van der Waals surface area contributed by atoms with Gasteiger partial charge >= 0.3 is 10.1 Å². The van der Waals surface area contributed by atoms with E-state index in [2.05, 4.69) is 12.2 Å². The number of hydrogen-bond donors (Lipinski definition) is 2. The molecule has 1 amide bonds. The zero-order valence-electron chi connectivity index (χ0n) is 19.3. The second kappa shape index (κ2) is 17.1. The Morgan fingerprint density at radius 2 is 1.24 bits per heavy atom. The number of unbranched alkanes of at least 4 members (excludes halogenated alkanes) is 12. The number of amides is 1. The van der Waals surface area contributed by atoms with Crippen LogP contribution in [0.5, 0.6) is 0 Å². The first-order chi connectivity index (χ1) is 13.7. The minimum atomic E-state index is -3.98. The van der Waals surface area contributed by atoms with Gasteiger partial charge in [0.05, 0.1) is 20.6 Å². The van der Waals surface area contributed by atoms with Gasteiger partial charge in [0.15, 0.2) is 0 Å². The Morgan fingerprint density at radius 3 is 1.69 bits per heavy atom. The number of quaternary nitrogens is 1. The van der Waals surface area contributed by atoms with Crippen LogP contribution in [0.25, 0.3) is 0 Å². The van der Waals surface area contributed by atoms with Gasteiger partial charge in [-0.25, -0.2) is 0 Å². The minimum absolute atomic E-state index is 0.0770. The molecule has 0 saturated heterocycles. The lowest BCUT2D eigenvalue weighted by Crippen LogP contribution is -2.45. The van der Waals surface area contributed by atoms with E-state index in [1.54, 1.807) is 14.1 Å². The summed E-state index contributed by atoms with van der Waals surface area (Å²) in [5, 5.41) is 2.90. The second-order valence-corrected chi connectivity index (χ2v) is 10.5. The fraction of sp³-hybridized carbons (Fsp3) is 0.955. The van der Waals surface area contributed by atoms with E-state index in [0.29, 0.717) is 25.9 Å². The van der Waals surface area contributed by atoms with Crippen LogP contribution < -0.4 is 5.32 Å². The highest BCUT2D eigenvalue weighted by atomic mass is 32.2. The first kappa shape index (κ1) is 28.3. The Hall–Kier alpha value is -0.660. The monoisotopic (exact) mass is 435 g/mol. The maximum absolute atomic E-state index is 11.8. The molecule has 0 radical (unpaired) electrons. The van der Waals surface area contributed by atoms with Crippen LogP contribution in [0.2, 0.25) is 0 Å². The molecule has 0 saturated carbocycles. The number of hydrogen-bond acceptors (Lipinski definition) is 3. The van der Waals surface area contributed by atoms with Gasteiger partial charge in [-0.1, -0.05) is 84.0 Å². The van der Waals surface area contributed by atoms with Crippen molar-refractivity contribution in [2.75, 3.05) is 33.1 Å². The molecule has 6 nitrogen and oxygen atoms in total. The smallest absolute Gasteiger partial charge is 0.316 e. The standard InChI is InChI=1S/C22H46N2O4S/c1-4-5-6-7-8-9-10-11-12-13-14-15-16-18-22(25)23-19-17-20-24(2,3)21-29(26,27)28/h4-21H2,1-3H3,(H-,23,25,26,27,28)/p+1. The largest absolute Gasteiger partial charge is 0.356 e. The molecule has 29 heavy (non-hydrogen) atoms. The van der Waals surface area contributed by atoms with Crippen LogP contribution in [0, 0.1) is 0 Å². The summed E-state index contributed by atoms with van der Waals surface area (Å²) in [5.74, 6) is -0.229. The number of nitrogens with one attached hydrogen (secondary N) is 1. The third-order valence-corrected chi connectivity index (χ3v) is 6.31. The van der Waals surface area contributed by atoms with E-state index in [1.807, 2.05) is 0 Å². The van der Waals surface area contributed by atoms with E-state index in [1.165, 1.54) is 70.6 Å². The lowest BCUT2D eigenvalue weighted by molar-refractivity contribution is -0.878. The Bertz CT molecular complexity index is 507. The van der Waals surface area contributed by atoms with Gasteiger partial charge in [0, 0.05) is 19.4 Å². The number of nitrogens with zero attached hydrogens (tertiary/aromatic N) is 1. The van der Waals surface area contributed by atoms with Crippen LogP contribution in [-0.2, 0) is 14.9 Å². The van der Waals surface area contributed by atoms with Gasteiger partial charge in [0.1, 0.15) is 0 Å². The Balaban J connectivity index is 3.42. The molecular formula is C22H47N2O4S+. The van der Waals surface area contributed by atoms with E-state index in [9.17, 15) is 13.2 Å². The molecule has 0 spiro atoms. The van der Waals surface area contributed by atoms with Crippen LogP contribution in [-0.4, -0.2) is 56.4 Å². The summed E-state index contributed by atoms with van der Waals surface area (Å²) in [4.78, 5) is 11.8. The van der Waals surface area contributed by atoms with E-state index >= 15 is 0 Å². The van der Waals surface area contributed by atoms with Crippen LogP contribution in [0.15, 0.2) is 0 Å². The summed E-state index contributed by atoms with van der Waals surface area (Å²) in [7, 11) is -0.475. The molecule has 2 N–H and O–H groups in total. The molecule has 0 bridgehead atoms. The van der Waals surface area contributed by atoms with Gasteiger partial charge in [-0.3, -0.25) is 9.35 Å². The van der Waals surface area contributed by atoms with Crippen molar-refractivity contribution in [1.29, 1.82) is 0 Å². The first-order valence-corrected chi connectivity index (χ1v) is 13.3. The van der Waals surface area contributed by atoms with Gasteiger partial charge in [-0.05, 0) is 6.42 Å². The molecule has 0 unspecified atom stereocenters. The highest BCUT2D eigenvalue weighted by Gasteiger charge is 2.22. The van der Waals surface area contributed by atoms with E-state index in [4.69, 9.17) is 4.55 Å². The molecular weight excluding hydrogens is 388 g/mol. The molecule has 0 aromatic carbocycles. The van der Waals surface area contributed by atoms with Crippen molar-refractivity contribution in [2.45, 2.75) is 103 Å². The highest BCUT2D eigenvalue weighted by molar-refractivity contribution is 7.85. The van der Waals surface area contributed by atoms with Crippen LogP contribution >= 0.6 is 0 Å². The Kier molecular flexibility index (Phi) is 16.7. The molecule has 0 aromatic heterocycles. The van der Waals surface area contributed by atoms with E-state index in [0.717, 1.165) is 12.8 Å². The summed E-state index contributed by atoms with van der Waals surface area (Å²) in [6.07, 6.45) is 18.1. The SMILES string of the molecule is CCCCCCCCCCCCCCCC(=O)NCCC[N+](C)(C)CS(=O)(=O)O. The van der Waals surface area contributed by atoms with Crippen molar-refractivity contribution in [3.8, 4) is 0 Å². The Labute approximate surface area is 180 Å². The summed E-state index contributed by atoms with van der Waals surface area (Å²) in [5.41, 5.74) is 0. The predicted molar refractivity (Wildman–Crippen MR) is 121 cm³/mol. The van der Waals surface area contributed by atoms with Crippen molar-refractivity contribution in [2.24, 2.45) is 0 Å². The minimum Gasteiger partial charge on any atom is -0.356 e. The quantitative estimate of drug-likeness (QED) is 0.162. The van der Waals surface area contributed by atoms with Gasteiger partial charge in [0.2, 0.25) is 11.8 Å². The average Bonchev–Trinajstić information content (AvgIpc) is 2.60. The molecule has 0 aliphatic carbocycles. The molecule has 7 heteroatoms. The number of carbonyl (C=O) groups excluding carboxylic acids is 1. The zero-order valence-corrected chi connectivity index (χ0v) is 20.1. The van der Waals surface area contributed by atoms with Crippen molar-refractivity contribution in [1.82, 2.24) is 5.32 Å². The molecule has 0 aliphatic heterocycles. The van der Waals surface area contributed by atoms with Crippen molar-refractivity contribution >= 4 is 16.0 Å². The summed E-state index contributed by atoms with van der Waals surface area (Å²) in [6.45, 7) is 3.38. The van der Waals surface area contributed by atoms with Gasteiger partial charge in [0.25, 0.3) is 0 Å². The van der Waals surface area contributed by atoms with Gasteiger partial charge in [-0.15, -0.1) is 0 Å². The van der Waals surface area contributed by atoms with Gasteiger partial charge in [-0.2, -0.15) is 8.42 Å². The maximum Gasteiger partial charge on any atom is 0.316 e. The van der Waals surface area contributed by atoms with Crippen LogP contribution in [0.4, 0.5) is 0 Å². The summed E-state index contributed by atoms with van der Waals surface area (Å²) < 4.78 is 31.0. The fourth-order valence-corrected chi connectivity index (χ4v) is 4.65. The Morgan fingerprint density at radius 1 is 0.793 bits per heavy atom. The summed E-state index contributed by atoms with van der Waals surface area (Å²) in [6, 6.07) is 0. The van der Waals surface area contributed by atoms with Crippen molar-refractivity contribution < 1.29 is 22.2 Å². The lowest BCUT2D eigenvalue weighted by atomic mass is 10.0. The van der Waals surface area contributed by atoms with E-state index in [-0.39, 0.29) is 16.3 Å². The molecule has 0 aliphatic rings. The van der Waals surface area contributed by atoms with Gasteiger partial charge < -0.3 is 9.80 Å². The van der Waals surface area contributed by atoms with E-state index < -0.39 is 10.1 Å². The third-order valence-electron chi connectivity index (χ3n) is 5.28. The highest BCUT2D eigenvalue weighted by Crippen LogP contribution is 2.13. The average molecular weight is 436 g/mol. The molecule has 0 fully saturated rings. The van der Waals surface area contributed by atoms with Crippen LogP contribution in [0.3, 0.4) is 0 Å². The molecule has 0 rings (SSSR count). The summed E-state index contributed by atoms with van der Waals surface area (Å²) >= 11 is 0. The van der Waals surface area contributed by atoms with Crippen molar-refractivity contribution in [3.05, 3.63) is 0 Å². The van der Waals surface area contributed by atoms with Crippen LogP contribution in [0.1, 0.15) is 103 Å². The fourth-order valence-electron chi connectivity index (χ4n) is 3.63. The normalized spacial score (nSPS) is 12.3. The number of rotatable bonds is 20. The predicted octanol–water partition coefficient (Wildman–Crippen LogP) is 4.90. The third kappa shape index (κ3) is 21.9. The number of carbonyl (C=O) groups is 1. The maximum atomic E-state index is 11.8. The zero-order chi connectivity index (χ0) is 22.0. The van der Waals surface area contributed by atoms with Crippen molar-refractivity contribution in [3.63, 3.8) is 0 Å².